The van der Waals surface area contributed by atoms with Crippen LogP contribution in [0.2, 0.25) is 0 Å². The maximum Gasteiger partial charge on any atom is 0.513 e. The highest BCUT2D eigenvalue weighted by Gasteiger charge is 2.13. The fourth-order valence-corrected chi connectivity index (χ4v) is 3.68. The quantitative estimate of drug-likeness (QED) is 0.172. The van der Waals surface area contributed by atoms with Gasteiger partial charge in [-0.1, -0.05) is 51.1 Å². The van der Waals surface area contributed by atoms with Crippen LogP contribution in [-0.2, 0) is 21.5 Å². The first-order valence-corrected chi connectivity index (χ1v) is 13.0. The molecule has 0 aromatic heterocycles. The molecule has 0 aliphatic carbocycles. The number of rotatable bonds is 11. The van der Waals surface area contributed by atoms with Crippen LogP contribution in [-0.4, -0.2) is 31.2 Å². The van der Waals surface area contributed by atoms with Crippen molar-refractivity contribution >= 4 is 23.7 Å². The molecule has 0 saturated carbocycles. The Labute approximate surface area is 229 Å². The fourth-order valence-electron chi connectivity index (χ4n) is 3.68. The molecule has 39 heavy (non-hydrogen) atoms. The van der Waals surface area contributed by atoms with Gasteiger partial charge in [0.1, 0.15) is 11.5 Å². The maximum atomic E-state index is 12.6. The molecular formula is C31H36N2O6. The van der Waals surface area contributed by atoms with Crippen LogP contribution in [0, 0.1) is 0 Å². The maximum absolute atomic E-state index is 12.6. The molecule has 0 aliphatic heterocycles. The Kier molecular flexibility index (Phi) is 10.5. The summed E-state index contributed by atoms with van der Waals surface area (Å²) in [6.07, 6.45) is 0.0783. The van der Waals surface area contributed by atoms with Gasteiger partial charge in [0.2, 0.25) is 5.91 Å². The molecule has 0 heterocycles. The number of nitrogens with one attached hydrogen (secondary N) is 2. The van der Waals surface area contributed by atoms with E-state index in [1.165, 1.54) is 17.7 Å². The third-order valence-corrected chi connectivity index (χ3v) is 5.85. The lowest BCUT2D eigenvalue weighted by atomic mass is 9.87. The average molecular weight is 533 g/mol. The molecular weight excluding hydrogens is 496 g/mol. The Balaban J connectivity index is 1.44. The number of para-hydroxylation sites is 1. The topological polar surface area (TPSA) is 103 Å². The van der Waals surface area contributed by atoms with Crippen molar-refractivity contribution in [3.05, 3.63) is 89.5 Å². The van der Waals surface area contributed by atoms with Gasteiger partial charge in [0.05, 0.1) is 13.2 Å². The third kappa shape index (κ3) is 9.48. The lowest BCUT2D eigenvalue weighted by molar-refractivity contribution is -0.116. The number of anilines is 1. The van der Waals surface area contributed by atoms with Gasteiger partial charge < -0.3 is 24.8 Å². The zero-order chi connectivity index (χ0) is 28.3. The monoisotopic (exact) mass is 532 g/mol. The summed E-state index contributed by atoms with van der Waals surface area (Å²) in [5.74, 6) is 0.636. The van der Waals surface area contributed by atoms with Crippen LogP contribution >= 0.6 is 0 Å². The summed E-state index contributed by atoms with van der Waals surface area (Å²) in [5.41, 5.74) is 3.14. The molecule has 2 N–H and O–H groups in total. The molecule has 8 heteroatoms. The number of carbonyl (C=O) groups is 3. The molecule has 0 unspecified atom stereocenters. The summed E-state index contributed by atoms with van der Waals surface area (Å²) in [5, 5.41) is 5.78. The average Bonchev–Trinajstić information content (AvgIpc) is 2.91. The Bertz CT molecular complexity index is 1250. The van der Waals surface area contributed by atoms with Crippen LogP contribution in [0.4, 0.5) is 10.5 Å². The number of carbonyl (C=O) groups excluding carboxylic acids is 3. The van der Waals surface area contributed by atoms with Gasteiger partial charge >= 0.3 is 6.16 Å². The Morgan fingerprint density at radius 3 is 2.18 bits per heavy atom. The Hall–Kier alpha value is -4.33. The minimum absolute atomic E-state index is 0.0865. The highest BCUT2D eigenvalue weighted by Crippen LogP contribution is 2.24. The number of hydrogen-bond donors (Lipinski definition) is 2. The number of ether oxygens (including phenoxy) is 3. The van der Waals surface area contributed by atoms with E-state index in [0.29, 0.717) is 30.7 Å². The van der Waals surface area contributed by atoms with Crippen molar-refractivity contribution < 1.29 is 28.6 Å². The minimum atomic E-state index is -0.799. The van der Waals surface area contributed by atoms with Crippen LogP contribution in [0.1, 0.15) is 62.0 Å². The number of amides is 2. The summed E-state index contributed by atoms with van der Waals surface area (Å²) in [6.45, 7) is 9.05. The first-order valence-electron chi connectivity index (χ1n) is 13.0. The highest BCUT2D eigenvalue weighted by molar-refractivity contribution is 5.95. The van der Waals surface area contributed by atoms with E-state index >= 15 is 0 Å². The summed E-state index contributed by atoms with van der Waals surface area (Å²) in [4.78, 5) is 36.6. The van der Waals surface area contributed by atoms with Gasteiger partial charge in [-0.2, -0.15) is 0 Å². The van der Waals surface area contributed by atoms with Crippen LogP contribution < -0.4 is 20.1 Å². The van der Waals surface area contributed by atoms with Crippen molar-refractivity contribution in [3.8, 4) is 11.5 Å². The number of hydrogen-bond acceptors (Lipinski definition) is 6. The fraction of sp³-hybridized carbons (Fsp3) is 0.323. The largest absolute Gasteiger partial charge is 0.513 e. The van der Waals surface area contributed by atoms with Gasteiger partial charge in [-0.25, -0.2) is 4.79 Å². The van der Waals surface area contributed by atoms with Crippen LogP contribution in [0.25, 0.3) is 0 Å². The van der Waals surface area contributed by atoms with E-state index in [2.05, 4.69) is 43.5 Å². The van der Waals surface area contributed by atoms with E-state index in [1.807, 2.05) is 30.3 Å². The van der Waals surface area contributed by atoms with Gasteiger partial charge in [-0.15, -0.1) is 0 Å². The molecule has 2 amide bonds. The Morgan fingerprint density at radius 1 is 0.846 bits per heavy atom. The summed E-state index contributed by atoms with van der Waals surface area (Å²) in [7, 11) is 0. The second kappa shape index (κ2) is 14.0. The van der Waals surface area contributed by atoms with E-state index in [4.69, 9.17) is 14.2 Å². The first kappa shape index (κ1) is 29.2. The standard InChI is InChI=1S/C31H36N2O6/c1-5-37-30(36)39-26-16-12-22(13-17-26)29(35)32-21-23-9-6-7-10-27(23)33-28(34)11-8-20-38-25-18-14-24(15-19-25)31(2,3)4/h6-7,9-10,12-19H,5,8,11,20-21H2,1-4H3,(H,32,35)(H,33,34). The van der Waals surface area contributed by atoms with Gasteiger partial charge in [0, 0.05) is 24.2 Å². The molecule has 0 radical (unpaired) electrons. The van der Waals surface area contributed by atoms with Crippen molar-refractivity contribution in [2.24, 2.45) is 0 Å². The molecule has 3 rings (SSSR count). The Morgan fingerprint density at radius 2 is 1.51 bits per heavy atom. The zero-order valence-electron chi connectivity index (χ0n) is 22.9. The summed E-state index contributed by atoms with van der Waals surface area (Å²) >= 11 is 0. The molecule has 0 spiro atoms. The van der Waals surface area contributed by atoms with Gasteiger partial charge in [-0.05, 0) is 72.4 Å². The van der Waals surface area contributed by atoms with E-state index in [-0.39, 0.29) is 36.1 Å². The van der Waals surface area contributed by atoms with Crippen molar-refractivity contribution in [1.82, 2.24) is 5.32 Å². The van der Waals surface area contributed by atoms with Crippen LogP contribution in [0.15, 0.2) is 72.8 Å². The van der Waals surface area contributed by atoms with Crippen molar-refractivity contribution in [2.75, 3.05) is 18.5 Å². The predicted molar refractivity (Wildman–Crippen MR) is 150 cm³/mol. The van der Waals surface area contributed by atoms with Crippen LogP contribution in [0.3, 0.4) is 0 Å². The SMILES string of the molecule is CCOC(=O)Oc1ccc(C(=O)NCc2ccccc2NC(=O)CCCOc2ccc(C(C)(C)C)cc2)cc1. The molecule has 0 aliphatic rings. The van der Waals surface area contributed by atoms with Crippen LogP contribution in [0.5, 0.6) is 11.5 Å². The second-order valence-corrected chi connectivity index (χ2v) is 9.92. The van der Waals surface area contributed by atoms with Gasteiger partial charge in [-0.3, -0.25) is 9.59 Å². The minimum Gasteiger partial charge on any atom is -0.494 e. The van der Waals surface area contributed by atoms with E-state index in [9.17, 15) is 14.4 Å². The van der Waals surface area contributed by atoms with Crippen molar-refractivity contribution in [2.45, 2.75) is 52.5 Å². The molecule has 206 valence electrons. The van der Waals surface area contributed by atoms with Crippen molar-refractivity contribution in [1.29, 1.82) is 0 Å². The van der Waals surface area contributed by atoms with E-state index < -0.39 is 6.16 Å². The molecule has 8 nitrogen and oxygen atoms in total. The zero-order valence-corrected chi connectivity index (χ0v) is 22.9. The lowest BCUT2D eigenvalue weighted by Gasteiger charge is -2.19. The lowest BCUT2D eigenvalue weighted by Crippen LogP contribution is -2.24. The predicted octanol–water partition coefficient (Wildman–Crippen LogP) is 6.25. The van der Waals surface area contributed by atoms with E-state index in [0.717, 1.165) is 11.3 Å². The molecule has 0 fully saturated rings. The smallest absolute Gasteiger partial charge is 0.494 e. The molecule has 3 aromatic rings. The van der Waals surface area contributed by atoms with E-state index in [1.54, 1.807) is 25.1 Å². The molecule has 3 aromatic carbocycles. The molecule has 0 atom stereocenters. The van der Waals surface area contributed by atoms with Crippen molar-refractivity contribution in [3.63, 3.8) is 0 Å². The number of benzene rings is 3. The van der Waals surface area contributed by atoms with Gasteiger partial charge in [0.15, 0.2) is 0 Å². The second-order valence-electron chi connectivity index (χ2n) is 9.92. The first-order chi connectivity index (χ1) is 18.7. The summed E-state index contributed by atoms with van der Waals surface area (Å²) < 4.78 is 15.5. The molecule has 0 bridgehead atoms. The normalized spacial score (nSPS) is 10.9. The highest BCUT2D eigenvalue weighted by atomic mass is 16.7. The third-order valence-electron chi connectivity index (χ3n) is 5.85. The van der Waals surface area contributed by atoms with Gasteiger partial charge in [0.25, 0.3) is 5.91 Å². The molecule has 0 saturated heterocycles. The summed E-state index contributed by atoms with van der Waals surface area (Å²) in [6, 6.07) is 21.5.